The summed E-state index contributed by atoms with van der Waals surface area (Å²) in [6.45, 7) is 8.23. The molecule has 0 aromatic carbocycles. The third-order valence-corrected chi connectivity index (χ3v) is 10.5. The van der Waals surface area contributed by atoms with Gasteiger partial charge in [0.1, 0.15) is 19.8 Å². The minimum atomic E-state index is -1.59. The van der Waals surface area contributed by atoms with E-state index in [2.05, 4.69) is 35.0 Å². The van der Waals surface area contributed by atoms with Crippen LogP contribution in [0.1, 0.15) is 201 Å². The topological polar surface area (TPSA) is 80.3 Å². The van der Waals surface area contributed by atoms with Crippen molar-refractivity contribution >= 4 is 20.5 Å². The Morgan fingerprint density at radius 1 is 0.490 bits per heavy atom. The van der Waals surface area contributed by atoms with Crippen molar-refractivity contribution in [2.45, 2.75) is 207 Å². The minimum Gasteiger partial charge on any atom is -0.462 e. The zero-order chi connectivity index (χ0) is 37.7. The summed E-state index contributed by atoms with van der Waals surface area (Å²) in [6.07, 6.45) is 32.8. The van der Waals surface area contributed by atoms with Crippen molar-refractivity contribution in [3.8, 4) is 0 Å². The molecule has 0 saturated carbocycles. The van der Waals surface area contributed by atoms with Crippen molar-refractivity contribution in [2.24, 2.45) is 0 Å². The van der Waals surface area contributed by atoms with Gasteiger partial charge in [0.2, 0.25) is 0 Å². The Balaban J connectivity index is 4.43. The predicted molar refractivity (Wildman–Crippen MR) is 215 cm³/mol. The van der Waals surface area contributed by atoms with Crippen molar-refractivity contribution in [2.75, 3.05) is 54.1 Å². The Kier molecular flexibility index (Phi) is 36.9. The van der Waals surface area contributed by atoms with Gasteiger partial charge in [-0.2, -0.15) is 0 Å². The van der Waals surface area contributed by atoms with Gasteiger partial charge in [-0.3, -0.25) is 9.59 Å². The van der Waals surface area contributed by atoms with Gasteiger partial charge in [-0.05, 0) is 19.8 Å². The zero-order valence-corrected chi connectivity index (χ0v) is 35.6. The first-order valence-corrected chi connectivity index (χ1v) is 22.7. The largest absolute Gasteiger partial charge is 0.462 e. The molecule has 8 nitrogen and oxygen atoms in total. The van der Waals surface area contributed by atoms with Crippen LogP contribution in [-0.4, -0.2) is 76.6 Å². The summed E-state index contributed by atoms with van der Waals surface area (Å²) in [5, 5.41) is 0. The second kappa shape index (κ2) is 37.5. The smallest absolute Gasteiger partial charge is 0.332 e. The summed E-state index contributed by atoms with van der Waals surface area (Å²) in [7, 11) is 4.72. The second-order valence-electron chi connectivity index (χ2n) is 15.6. The molecule has 1 unspecified atom stereocenters. The fourth-order valence-electron chi connectivity index (χ4n) is 5.94. The van der Waals surface area contributed by atoms with E-state index in [1.54, 1.807) is 0 Å². The van der Waals surface area contributed by atoms with Gasteiger partial charge in [0.15, 0.2) is 6.10 Å². The van der Waals surface area contributed by atoms with Crippen molar-refractivity contribution in [1.29, 1.82) is 0 Å². The van der Waals surface area contributed by atoms with Crippen LogP contribution in [0.2, 0.25) is 0 Å². The summed E-state index contributed by atoms with van der Waals surface area (Å²) in [6, 6.07) is 0. The monoisotopic (exact) mass is 747 g/mol. The van der Waals surface area contributed by atoms with E-state index in [4.69, 9.17) is 23.0 Å². The van der Waals surface area contributed by atoms with Crippen molar-refractivity contribution in [3.63, 3.8) is 0 Å². The lowest BCUT2D eigenvalue weighted by Gasteiger charge is -2.25. The molecule has 0 aromatic heterocycles. The third kappa shape index (κ3) is 38.7. The number of quaternary nitrogens is 1. The number of esters is 2. The number of likely N-dealkylation sites (N-methyl/N-ethyl adjacent to an activating group) is 1. The molecule has 0 N–H and O–H groups in total. The number of hydrogen-bond acceptors (Lipinski definition) is 7. The molecule has 51 heavy (non-hydrogen) atoms. The number of hydrogen-bond donors (Lipinski definition) is 0. The average Bonchev–Trinajstić information content (AvgIpc) is 3.09. The summed E-state index contributed by atoms with van der Waals surface area (Å²) >= 11 is 0. The highest BCUT2D eigenvalue weighted by Gasteiger charge is 2.22. The molecule has 304 valence electrons. The van der Waals surface area contributed by atoms with Gasteiger partial charge in [0.25, 0.3) is 0 Å². The number of ether oxygens (including phenoxy) is 2. The van der Waals surface area contributed by atoms with Gasteiger partial charge in [0.05, 0.1) is 34.4 Å². The van der Waals surface area contributed by atoms with E-state index < -0.39 is 14.7 Å². The maximum atomic E-state index is 12.8. The van der Waals surface area contributed by atoms with Gasteiger partial charge in [-0.1, -0.05) is 168 Å². The summed E-state index contributed by atoms with van der Waals surface area (Å²) in [5.41, 5.74) is 0. The normalized spacial score (nSPS) is 13.0. The molecule has 0 aliphatic carbocycles. The summed E-state index contributed by atoms with van der Waals surface area (Å²) in [4.78, 5) is 25.4. The fourth-order valence-corrected chi connectivity index (χ4v) is 6.90. The second-order valence-corrected chi connectivity index (χ2v) is 16.8. The number of nitrogens with zero attached hydrogens (tertiary/aromatic N) is 1. The molecule has 0 bridgehead atoms. The molecule has 2 atom stereocenters. The van der Waals surface area contributed by atoms with Crippen LogP contribution in [0.15, 0.2) is 0 Å². The third-order valence-electron chi connectivity index (χ3n) is 9.26. The van der Waals surface area contributed by atoms with E-state index >= 15 is 0 Å². The van der Waals surface area contributed by atoms with Gasteiger partial charge < -0.3 is 27.5 Å². The van der Waals surface area contributed by atoms with Crippen LogP contribution in [0.3, 0.4) is 0 Å². The predicted octanol–water partition coefficient (Wildman–Crippen LogP) is 12.4. The Morgan fingerprint density at radius 2 is 0.882 bits per heavy atom. The van der Waals surface area contributed by atoms with Crippen LogP contribution in [0, 0.1) is 0 Å². The lowest BCUT2D eigenvalue weighted by atomic mass is 10.0. The van der Waals surface area contributed by atoms with Crippen LogP contribution in [0.4, 0.5) is 0 Å². The molecule has 0 aliphatic heterocycles. The highest BCUT2D eigenvalue weighted by atomic mass is 31.2. The van der Waals surface area contributed by atoms with Crippen LogP contribution in [0.5, 0.6) is 0 Å². The lowest BCUT2D eigenvalue weighted by molar-refractivity contribution is -0.870. The molecular weight excluding hydrogens is 661 g/mol. The molecule has 9 heteroatoms. The SMILES string of the molecule is CCCCCCCCCCCCCCCC(=O)OC[C@@H](COP(OCC)OCC[N+](C)(C)C)OC(=O)CCCCCCCCCCCCCCC. The average molecular weight is 747 g/mol. The van der Waals surface area contributed by atoms with Crippen molar-refractivity contribution < 1.29 is 37.1 Å². The quantitative estimate of drug-likeness (QED) is 0.0267. The maximum Gasteiger partial charge on any atom is 0.332 e. The molecule has 0 radical (unpaired) electrons. The molecule has 0 aliphatic rings. The van der Waals surface area contributed by atoms with Crippen LogP contribution < -0.4 is 0 Å². The molecule has 0 heterocycles. The lowest BCUT2D eigenvalue weighted by Crippen LogP contribution is -2.37. The van der Waals surface area contributed by atoms with Crippen LogP contribution in [0.25, 0.3) is 0 Å². The van der Waals surface area contributed by atoms with Crippen LogP contribution in [-0.2, 0) is 32.6 Å². The first-order valence-electron chi connectivity index (χ1n) is 21.6. The Bertz CT molecular complexity index is 764. The molecule has 0 spiro atoms. The molecular formula is C42H85NO7P+. The molecule has 0 amide bonds. The van der Waals surface area contributed by atoms with E-state index in [1.807, 2.05) is 6.92 Å². The van der Waals surface area contributed by atoms with E-state index in [-0.39, 0.29) is 25.2 Å². The zero-order valence-electron chi connectivity index (χ0n) is 34.7. The van der Waals surface area contributed by atoms with E-state index in [0.717, 1.165) is 49.6 Å². The summed E-state index contributed by atoms with van der Waals surface area (Å²) in [5.74, 6) is -0.521. The van der Waals surface area contributed by atoms with Crippen LogP contribution >= 0.6 is 8.60 Å². The molecule has 0 fully saturated rings. The highest BCUT2D eigenvalue weighted by molar-refractivity contribution is 7.41. The Hall–Kier alpha value is -0.790. The first kappa shape index (κ1) is 50.2. The van der Waals surface area contributed by atoms with E-state index in [9.17, 15) is 9.59 Å². The molecule has 0 saturated heterocycles. The van der Waals surface area contributed by atoms with Gasteiger partial charge in [-0.15, -0.1) is 0 Å². The first-order chi connectivity index (χ1) is 24.7. The van der Waals surface area contributed by atoms with Gasteiger partial charge >= 0.3 is 20.5 Å². The van der Waals surface area contributed by atoms with Gasteiger partial charge in [0, 0.05) is 12.8 Å². The van der Waals surface area contributed by atoms with Crippen molar-refractivity contribution in [1.82, 2.24) is 0 Å². The van der Waals surface area contributed by atoms with Crippen molar-refractivity contribution in [3.05, 3.63) is 0 Å². The number of carbonyl (C=O) groups excluding carboxylic acids is 2. The Labute approximate surface area is 317 Å². The summed E-state index contributed by atoms with van der Waals surface area (Å²) < 4.78 is 29.6. The number of carbonyl (C=O) groups is 2. The fraction of sp³-hybridized carbons (Fsp3) is 0.952. The molecule has 0 rings (SSSR count). The van der Waals surface area contributed by atoms with Gasteiger partial charge in [-0.25, -0.2) is 0 Å². The highest BCUT2D eigenvalue weighted by Crippen LogP contribution is 2.39. The Morgan fingerprint density at radius 3 is 1.27 bits per heavy atom. The number of rotatable bonds is 40. The van der Waals surface area contributed by atoms with E-state index in [0.29, 0.717) is 26.1 Å². The number of unbranched alkanes of at least 4 members (excludes halogenated alkanes) is 24. The standard InChI is InChI=1S/C42H85NO7P/c1-7-10-12-14-16-18-20-22-24-26-28-30-32-34-41(44)46-38-40(39-49-51(47-9-3)48-37-36-43(4,5)6)50-42(45)35-33-31-29-27-25-23-21-19-17-15-13-11-8-2/h40H,7-39H2,1-6H3/q+1/t40-,51?/m0/s1. The maximum absolute atomic E-state index is 12.8. The minimum absolute atomic E-state index is 0.0181. The molecule has 0 aromatic rings. The van der Waals surface area contributed by atoms with E-state index in [1.165, 1.54) is 128 Å².